The molecule has 4 rings (SSSR count). The topological polar surface area (TPSA) is 88.5 Å². The van der Waals surface area contributed by atoms with Gasteiger partial charge >= 0.3 is 0 Å². The van der Waals surface area contributed by atoms with Crippen LogP contribution in [0.5, 0.6) is 0 Å². The second-order valence-electron chi connectivity index (χ2n) is 6.52. The minimum Gasteiger partial charge on any atom is -0.322 e. The van der Waals surface area contributed by atoms with Gasteiger partial charge in [0.2, 0.25) is 0 Å². The molecule has 0 unspecified atom stereocenters. The predicted molar refractivity (Wildman–Crippen MR) is 107 cm³/mol. The van der Waals surface area contributed by atoms with Crippen LogP contribution in [0, 0.1) is 12.7 Å². The van der Waals surface area contributed by atoms with Gasteiger partial charge in [0, 0.05) is 11.3 Å². The third-order valence-electron chi connectivity index (χ3n) is 4.52. The number of carbonyl (C=O) groups is 1. The average molecular weight is 390 g/mol. The van der Waals surface area contributed by atoms with E-state index in [1.165, 1.54) is 18.3 Å². The van der Waals surface area contributed by atoms with Crippen LogP contribution in [0.3, 0.4) is 0 Å². The molecule has 0 spiro atoms. The molecule has 0 aliphatic heterocycles. The van der Waals surface area contributed by atoms with Crippen molar-refractivity contribution in [3.8, 4) is 17.1 Å². The quantitative estimate of drug-likeness (QED) is 0.541. The first-order chi connectivity index (χ1) is 14.0. The molecule has 0 aliphatic carbocycles. The number of nitrogens with zero attached hydrogens (tertiary/aromatic N) is 4. The maximum atomic E-state index is 13.2. The van der Waals surface area contributed by atoms with Crippen LogP contribution in [0.1, 0.15) is 28.8 Å². The maximum absolute atomic E-state index is 13.2. The van der Waals surface area contributed by atoms with Crippen LogP contribution in [-0.2, 0) is 6.42 Å². The molecular weight excluding hydrogens is 371 g/mol. The summed E-state index contributed by atoms with van der Waals surface area (Å²) in [5.41, 5.74) is 3.44. The molecule has 2 N–H and O–H groups in total. The van der Waals surface area contributed by atoms with Gasteiger partial charge < -0.3 is 5.32 Å². The van der Waals surface area contributed by atoms with Crippen molar-refractivity contribution in [3.05, 3.63) is 77.6 Å². The Kier molecular flexibility index (Phi) is 4.90. The van der Waals surface area contributed by atoms with Crippen LogP contribution in [0.4, 0.5) is 10.1 Å². The number of halogens is 1. The van der Waals surface area contributed by atoms with E-state index in [0.29, 0.717) is 29.2 Å². The molecule has 1 amide bonds. The molecule has 0 aliphatic rings. The Bertz CT molecular complexity index is 1140. The molecule has 0 saturated carbocycles. The Hall–Kier alpha value is -3.81. The Balaban J connectivity index is 1.55. The molecule has 2 aromatic carbocycles. The van der Waals surface area contributed by atoms with E-state index >= 15 is 0 Å². The smallest absolute Gasteiger partial charge is 0.259 e. The highest BCUT2D eigenvalue weighted by Crippen LogP contribution is 2.20. The molecule has 8 heteroatoms. The molecule has 2 aromatic heterocycles. The highest BCUT2D eigenvalue weighted by molar-refractivity contribution is 6.05. The second-order valence-corrected chi connectivity index (χ2v) is 6.52. The summed E-state index contributed by atoms with van der Waals surface area (Å²) in [6.07, 6.45) is 2.13. The molecule has 0 saturated heterocycles. The third-order valence-corrected chi connectivity index (χ3v) is 4.52. The van der Waals surface area contributed by atoms with Crippen molar-refractivity contribution in [2.75, 3.05) is 5.32 Å². The number of hydrogen-bond acceptors (Lipinski definition) is 4. The highest BCUT2D eigenvalue weighted by atomic mass is 19.1. The van der Waals surface area contributed by atoms with Crippen molar-refractivity contribution >= 4 is 11.6 Å². The summed E-state index contributed by atoms with van der Waals surface area (Å²) in [6.45, 7) is 3.78. The van der Waals surface area contributed by atoms with E-state index in [-0.39, 0.29) is 11.7 Å². The van der Waals surface area contributed by atoms with Gasteiger partial charge in [-0.2, -0.15) is 10.2 Å². The lowest BCUT2D eigenvalue weighted by Crippen LogP contribution is -2.14. The number of rotatable bonds is 5. The van der Waals surface area contributed by atoms with Crippen molar-refractivity contribution in [2.45, 2.75) is 20.3 Å². The Morgan fingerprint density at radius 2 is 1.86 bits per heavy atom. The van der Waals surface area contributed by atoms with Gasteiger partial charge in [-0.3, -0.25) is 9.89 Å². The summed E-state index contributed by atoms with van der Waals surface area (Å²) in [5.74, 6) is 0.772. The number of nitrogens with one attached hydrogen (secondary N) is 2. The zero-order chi connectivity index (χ0) is 20.4. The van der Waals surface area contributed by atoms with Crippen LogP contribution in [0.25, 0.3) is 17.1 Å². The van der Waals surface area contributed by atoms with Gasteiger partial charge in [-0.15, -0.1) is 0 Å². The largest absolute Gasteiger partial charge is 0.322 e. The second kappa shape index (κ2) is 7.67. The van der Waals surface area contributed by atoms with Crippen LogP contribution < -0.4 is 5.32 Å². The van der Waals surface area contributed by atoms with E-state index in [4.69, 9.17) is 0 Å². The molecule has 0 atom stereocenters. The van der Waals surface area contributed by atoms with E-state index in [9.17, 15) is 9.18 Å². The molecule has 0 fully saturated rings. The predicted octanol–water partition coefficient (Wildman–Crippen LogP) is 3.92. The normalized spacial score (nSPS) is 10.9. The van der Waals surface area contributed by atoms with Gasteiger partial charge in [0.1, 0.15) is 11.6 Å². The number of aromatic amines is 1. The number of carbonyl (C=O) groups excluding carboxylic acids is 1. The van der Waals surface area contributed by atoms with E-state index in [2.05, 4.69) is 25.6 Å². The standard InChI is InChI=1S/C21H19FN6O/c1-3-19-18(12-23-28(19)17-10-6-15(22)7-11-17)21(29)25-16-8-4-14(5-9-16)20-24-13(2)26-27-20/h4-12H,3H2,1-2H3,(H,25,29)(H,24,26,27). The number of hydrogen-bond donors (Lipinski definition) is 2. The SMILES string of the molecule is CCc1c(C(=O)Nc2ccc(-c3n[nH]c(C)n3)cc2)cnn1-c1ccc(F)cc1. The van der Waals surface area contributed by atoms with E-state index < -0.39 is 0 Å². The summed E-state index contributed by atoms with van der Waals surface area (Å²) in [6, 6.07) is 13.3. The monoisotopic (exact) mass is 390 g/mol. The molecule has 0 radical (unpaired) electrons. The average Bonchev–Trinajstić information content (AvgIpc) is 3.35. The molecule has 4 aromatic rings. The molecule has 146 valence electrons. The molecule has 0 bridgehead atoms. The van der Waals surface area contributed by atoms with Crippen molar-refractivity contribution in [1.82, 2.24) is 25.0 Å². The van der Waals surface area contributed by atoms with Gasteiger partial charge in [0.25, 0.3) is 5.91 Å². The number of benzene rings is 2. The summed E-state index contributed by atoms with van der Waals surface area (Å²) in [7, 11) is 0. The van der Waals surface area contributed by atoms with Crippen LogP contribution >= 0.6 is 0 Å². The molecule has 7 nitrogen and oxygen atoms in total. The number of anilines is 1. The summed E-state index contributed by atoms with van der Waals surface area (Å²) in [5, 5.41) is 14.1. The van der Waals surface area contributed by atoms with Crippen molar-refractivity contribution in [3.63, 3.8) is 0 Å². The fourth-order valence-corrected chi connectivity index (χ4v) is 3.08. The van der Waals surface area contributed by atoms with E-state index in [1.54, 1.807) is 28.9 Å². The summed E-state index contributed by atoms with van der Waals surface area (Å²) in [4.78, 5) is 17.1. The summed E-state index contributed by atoms with van der Waals surface area (Å²) >= 11 is 0. The third kappa shape index (κ3) is 3.77. The van der Waals surface area contributed by atoms with Crippen molar-refractivity contribution in [2.24, 2.45) is 0 Å². The first-order valence-corrected chi connectivity index (χ1v) is 9.19. The van der Waals surface area contributed by atoms with Crippen molar-refractivity contribution in [1.29, 1.82) is 0 Å². The zero-order valence-corrected chi connectivity index (χ0v) is 16.0. The van der Waals surface area contributed by atoms with Gasteiger partial charge in [-0.05, 0) is 61.9 Å². The summed E-state index contributed by atoms with van der Waals surface area (Å²) < 4.78 is 14.9. The zero-order valence-electron chi connectivity index (χ0n) is 16.0. The van der Waals surface area contributed by atoms with Crippen molar-refractivity contribution < 1.29 is 9.18 Å². The molecule has 29 heavy (non-hydrogen) atoms. The van der Waals surface area contributed by atoms with Gasteiger partial charge in [-0.1, -0.05) is 6.92 Å². The Morgan fingerprint density at radius 1 is 1.14 bits per heavy atom. The maximum Gasteiger partial charge on any atom is 0.259 e. The van der Waals surface area contributed by atoms with Crippen LogP contribution in [-0.4, -0.2) is 30.9 Å². The number of aryl methyl sites for hydroxylation is 1. The lowest BCUT2D eigenvalue weighted by molar-refractivity contribution is 0.102. The number of amides is 1. The fraction of sp³-hybridized carbons (Fsp3) is 0.143. The van der Waals surface area contributed by atoms with E-state index in [0.717, 1.165) is 17.1 Å². The van der Waals surface area contributed by atoms with Crippen LogP contribution in [0.2, 0.25) is 0 Å². The lowest BCUT2D eigenvalue weighted by Gasteiger charge is -2.09. The fourth-order valence-electron chi connectivity index (χ4n) is 3.08. The van der Waals surface area contributed by atoms with Gasteiger partial charge in [0.15, 0.2) is 5.82 Å². The highest BCUT2D eigenvalue weighted by Gasteiger charge is 2.17. The number of aromatic nitrogens is 5. The molecular formula is C21H19FN6O. The Labute approximate surface area is 166 Å². The van der Waals surface area contributed by atoms with Gasteiger partial charge in [-0.25, -0.2) is 14.1 Å². The molecule has 2 heterocycles. The van der Waals surface area contributed by atoms with Gasteiger partial charge in [0.05, 0.1) is 23.1 Å². The van der Waals surface area contributed by atoms with E-state index in [1.807, 2.05) is 26.0 Å². The van der Waals surface area contributed by atoms with Crippen LogP contribution in [0.15, 0.2) is 54.7 Å². The minimum absolute atomic E-state index is 0.253. The Morgan fingerprint density at radius 3 is 2.48 bits per heavy atom. The minimum atomic E-state index is -0.319. The first kappa shape index (κ1) is 18.5. The number of H-pyrrole nitrogens is 1. The lowest BCUT2D eigenvalue weighted by atomic mass is 10.1. The first-order valence-electron chi connectivity index (χ1n) is 9.19.